The summed E-state index contributed by atoms with van der Waals surface area (Å²) in [7, 11) is 0. The number of alkyl halides is 3. The molecule has 3 rings (SSSR count). The molecule has 0 radical (unpaired) electrons. The summed E-state index contributed by atoms with van der Waals surface area (Å²) in [6, 6.07) is 9.42. The van der Waals surface area contributed by atoms with Crippen LogP contribution < -0.4 is 4.74 Å². The Morgan fingerprint density at radius 2 is 1.93 bits per heavy atom. The second-order valence-corrected chi connectivity index (χ2v) is 6.24. The third-order valence-corrected chi connectivity index (χ3v) is 4.13. The molecule has 1 aromatic heterocycles. The summed E-state index contributed by atoms with van der Waals surface area (Å²) in [5, 5.41) is 8.84. The lowest BCUT2D eigenvalue weighted by molar-refractivity contribution is -0.274. The number of carboxylic acids is 1. The van der Waals surface area contributed by atoms with Crippen molar-refractivity contribution >= 4 is 17.0 Å². The molecule has 0 aliphatic rings. The Balaban J connectivity index is 1.76. The van der Waals surface area contributed by atoms with Gasteiger partial charge in [0, 0.05) is 12.8 Å². The molecule has 0 amide bonds. The number of hydrogen-bond acceptors (Lipinski definition) is 3. The summed E-state index contributed by atoms with van der Waals surface area (Å²) in [6.07, 6.45) is -3.81. The lowest BCUT2D eigenvalue weighted by Gasteiger charge is -2.08. The number of carboxylic acid groups (broad SMARTS) is 1. The molecule has 0 aliphatic carbocycles. The van der Waals surface area contributed by atoms with Gasteiger partial charge in [0.25, 0.3) is 0 Å². The summed E-state index contributed by atoms with van der Waals surface area (Å²) in [5.74, 6) is -0.450. The van der Waals surface area contributed by atoms with Gasteiger partial charge in [0.15, 0.2) is 0 Å². The first kappa shape index (κ1) is 18.8. The number of aliphatic carboxylic acids is 1. The SMILES string of the molecule is Cc1cc2[nH]c(Cc3ccc(OC(F)(F)F)cc3)nc2cc1CCC(=O)O. The number of fused-ring (bicyclic) bond motifs is 1. The van der Waals surface area contributed by atoms with Crippen molar-refractivity contribution in [2.45, 2.75) is 32.5 Å². The predicted molar refractivity (Wildman–Crippen MR) is 92.7 cm³/mol. The Hall–Kier alpha value is -3.03. The quantitative estimate of drug-likeness (QED) is 0.668. The van der Waals surface area contributed by atoms with Crippen LogP contribution >= 0.6 is 0 Å². The molecule has 142 valence electrons. The van der Waals surface area contributed by atoms with Gasteiger partial charge < -0.3 is 14.8 Å². The largest absolute Gasteiger partial charge is 0.573 e. The molecule has 0 aliphatic heterocycles. The highest BCUT2D eigenvalue weighted by molar-refractivity contribution is 5.77. The summed E-state index contributed by atoms with van der Waals surface area (Å²) >= 11 is 0. The number of aromatic amines is 1. The van der Waals surface area contributed by atoms with Crippen LogP contribution in [0.5, 0.6) is 5.75 Å². The van der Waals surface area contributed by atoms with Crippen LogP contribution in [0.4, 0.5) is 13.2 Å². The van der Waals surface area contributed by atoms with Crippen molar-refractivity contribution in [1.29, 1.82) is 0 Å². The maximum atomic E-state index is 12.2. The van der Waals surface area contributed by atoms with Gasteiger partial charge >= 0.3 is 12.3 Å². The maximum absolute atomic E-state index is 12.2. The van der Waals surface area contributed by atoms with Crippen molar-refractivity contribution in [3.8, 4) is 5.75 Å². The number of nitrogens with one attached hydrogen (secondary N) is 1. The van der Waals surface area contributed by atoms with Crippen LogP contribution in [0.15, 0.2) is 36.4 Å². The van der Waals surface area contributed by atoms with E-state index in [0.29, 0.717) is 18.7 Å². The Kier molecular flexibility index (Phi) is 5.07. The Morgan fingerprint density at radius 1 is 1.22 bits per heavy atom. The van der Waals surface area contributed by atoms with E-state index >= 15 is 0 Å². The van der Waals surface area contributed by atoms with E-state index in [1.807, 2.05) is 19.1 Å². The monoisotopic (exact) mass is 378 g/mol. The van der Waals surface area contributed by atoms with E-state index < -0.39 is 12.3 Å². The number of ether oxygens (including phenoxy) is 1. The third-order valence-electron chi connectivity index (χ3n) is 4.13. The summed E-state index contributed by atoms with van der Waals surface area (Å²) < 4.78 is 40.5. The van der Waals surface area contributed by atoms with Gasteiger partial charge in [-0.1, -0.05) is 12.1 Å². The first-order valence-corrected chi connectivity index (χ1v) is 8.24. The minimum absolute atomic E-state index is 0.0516. The minimum atomic E-state index is -4.71. The van der Waals surface area contributed by atoms with Crippen molar-refractivity contribution in [1.82, 2.24) is 9.97 Å². The number of hydrogen-bond donors (Lipinski definition) is 2. The molecule has 3 aromatic rings. The number of nitrogens with zero attached hydrogens (tertiary/aromatic N) is 1. The van der Waals surface area contributed by atoms with E-state index in [4.69, 9.17) is 5.11 Å². The molecule has 0 spiro atoms. The Morgan fingerprint density at radius 3 is 2.56 bits per heavy atom. The zero-order valence-electron chi connectivity index (χ0n) is 14.4. The number of benzene rings is 2. The van der Waals surface area contributed by atoms with Crippen LogP contribution in [0, 0.1) is 6.92 Å². The zero-order chi connectivity index (χ0) is 19.6. The fourth-order valence-electron chi connectivity index (χ4n) is 2.86. The van der Waals surface area contributed by atoms with Crippen LogP contribution in [0.3, 0.4) is 0 Å². The van der Waals surface area contributed by atoms with Gasteiger partial charge in [-0.25, -0.2) is 4.98 Å². The smallest absolute Gasteiger partial charge is 0.481 e. The standard InChI is InChI=1S/C19H17F3N2O3/c1-11-8-15-16(10-13(11)4-7-18(25)26)24-17(23-15)9-12-2-5-14(6-3-12)27-19(20,21)22/h2-3,5-6,8,10H,4,7,9H2,1H3,(H,23,24)(H,25,26). The molecule has 0 unspecified atom stereocenters. The molecule has 8 heteroatoms. The number of rotatable bonds is 6. The number of aryl methyl sites for hydroxylation is 2. The van der Waals surface area contributed by atoms with Gasteiger partial charge in [0.05, 0.1) is 11.0 Å². The second-order valence-electron chi connectivity index (χ2n) is 6.24. The Labute approximate surface area is 152 Å². The normalized spacial score (nSPS) is 11.7. The molecule has 2 aromatic carbocycles. The first-order chi connectivity index (χ1) is 12.7. The van der Waals surface area contributed by atoms with E-state index in [9.17, 15) is 18.0 Å². The van der Waals surface area contributed by atoms with Gasteiger partial charge in [-0.15, -0.1) is 13.2 Å². The summed E-state index contributed by atoms with van der Waals surface area (Å²) in [6.45, 7) is 1.91. The highest BCUT2D eigenvalue weighted by atomic mass is 19.4. The predicted octanol–water partition coefficient (Wildman–Crippen LogP) is 4.38. The molecule has 27 heavy (non-hydrogen) atoms. The molecule has 0 saturated carbocycles. The van der Waals surface area contributed by atoms with Crippen molar-refractivity contribution in [3.63, 3.8) is 0 Å². The summed E-state index contributed by atoms with van der Waals surface area (Å²) in [4.78, 5) is 18.5. The highest BCUT2D eigenvalue weighted by Gasteiger charge is 2.30. The van der Waals surface area contributed by atoms with E-state index in [2.05, 4.69) is 14.7 Å². The van der Waals surface area contributed by atoms with Gasteiger partial charge in [-0.05, 0) is 54.3 Å². The topological polar surface area (TPSA) is 75.2 Å². The molecule has 0 fully saturated rings. The van der Waals surface area contributed by atoms with Gasteiger partial charge in [-0.3, -0.25) is 4.79 Å². The first-order valence-electron chi connectivity index (χ1n) is 8.24. The van der Waals surface area contributed by atoms with Crippen LogP contribution in [-0.2, 0) is 17.6 Å². The van der Waals surface area contributed by atoms with E-state index in [-0.39, 0.29) is 12.2 Å². The average molecular weight is 378 g/mol. The molecule has 0 saturated heterocycles. The fourth-order valence-corrected chi connectivity index (χ4v) is 2.86. The zero-order valence-corrected chi connectivity index (χ0v) is 14.4. The molecular weight excluding hydrogens is 361 g/mol. The second kappa shape index (κ2) is 7.30. The third kappa shape index (κ3) is 4.99. The van der Waals surface area contributed by atoms with Crippen molar-refractivity contribution in [3.05, 3.63) is 58.9 Å². The van der Waals surface area contributed by atoms with Gasteiger partial charge in [0.2, 0.25) is 0 Å². The summed E-state index contributed by atoms with van der Waals surface area (Å²) in [5.41, 5.74) is 4.25. The molecule has 0 bridgehead atoms. The van der Waals surface area contributed by atoms with E-state index in [0.717, 1.165) is 27.7 Å². The molecule has 1 heterocycles. The van der Waals surface area contributed by atoms with E-state index in [1.54, 1.807) is 12.1 Å². The number of carbonyl (C=O) groups is 1. The molecule has 5 nitrogen and oxygen atoms in total. The van der Waals surface area contributed by atoms with Crippen molar-refractivity contribution < 1.29 is 27.8 Å². The number of imidazole rings is 1. The van der Waals surface area contributed by atoms with Crippen LogP contribution in [0.25, 0.3) is 11.0 Å². The molecule has 0 atom stereocenters. The van der Waals surface area contributed by atoms with Crippen LogP contribution in [0.1, 0.15) is 28.9 Å². The number of aromatic nitrogens is 2. The number of halogens is 3. The van der Waals surface area contributed by atoms with Crippen molar-refractivity contribution in [2.24, 2.45) is 0 Å². The molecular formula is C19H17F3N2O3. The lowest BCUT2D eigenvalue weighted by Crippen LogP contribution is -2.17. The van der Waals surface area contributed by atoms with Crippen LogP contribution in [-0.4, -0.2) is 27.4 Å². The van der Waals surface area contributed by atoms with Gasteiger partial charge in [-0.2, -0.15) is 0 Å². The highest BCUT2D eigenvalue weighted by Crippen LogP contribution is 2.24. The van der Waals surface area contributed by atoms with Gasteiger partial charge in [0.1, 0.15) is 11.6 Å². The molecule has 2 N–H and O–H groups in total. The maximum Gasteiger partial charge on any atom is 0.573 e. The average Bonchev–Trinajstić information content (AvgIpc) is 2.94. The lowest BCUT2D eigenvalue weighted by atomic mass is 10.0. The Bertz CT molecular complexity index is 963. The van der Waals surface area contributed by atoms with Crippen LogP contribution in [0.2, 0.25) is 0 Å². The minimum Gasteiger partial charge on any atom is -0.481 e. The number of H-pyrrole nitrogens is 1. The fraction of sp³-hybridized carbons (Fsp3) is 0.263. The van der Waals surface area contributed by atoms with Crippen molar-refractivity contribution in [2.75, 3.05) is 0 Å². The van der Waals surface area contributed by atoms with E-state index in [1.165, 1.54) is 12.1 Å².